The lowest BCUT2D eigenvalue weighted by molar-refractivity contribution is -0.0482. The van der Waals surface area contributed by atoms with Crippen LogP contribution in [0.25, 0.3) is 0 Å². The zero-order chi connectivity index (χ0) is 12.2. The molecule has 0 fully saturated rings. The van der Waals surface area contributed by atoms with Gasteiger partial charge in [0.1, 0.15) is 0 Å². The molecule has 0 bridgehead atoms. The summed E-state index contributed by atoms with van der Waals surface area (Å²) in [5, 5.41) is 10.5. The van der Waals surface area contributed by atoms with Crippen LogP contribution in [0.4, 0.5) is 0 Å². The maximum Gasteiger partial charge on any atom is 0.0814 e. The molecule has 0 aliphatic rings. The summed E-state index contributed by atoms with van der Waals surface area (Å²) in [7, 11) is 0. The molecule has 90 valence electrons. The minimum absolute atomic E-state index is 0.213. The van der Waals surface area contributed by atoms with E-state index < -0.39 is 6.10 Å². The van der Waals surface area contributed by atoms with E-state index in [9.17, 15) is 5.11 Å². The molecule has 0 spiro atoms. The predicted octanol–water partition coefficient (Wildman–Crippen LogP) is 3.06. The van der Waals surface area contributed by atoms with E-state index in [-0.39, 0.29) is 5.60 Å². The van der Waals surface area contributed by atoms with Gasteiger partial charge in [-0.3, -0.25) is 0 Å². The van der Waals surface area contributed by atoms with E-state index in [4.69, 9.17) is 16.3 Å². The minimum atomic E-state index is -0.488. The van der Waals surface area contributed by atoms with Crippen LogP contribution in [0.2, 0.25) is 5.02 Å². The zero-order valence-electron chi connectivity index (χ0n) is 10.0. The molecule has 1 aromatic rings. The highest BCUT2D eigenvalue weighted by atomic mass is 35.5. The molecule has 0 saturated heterocycles. The van der Waals surface area contributed by atoms with Crippen LogP contribution < -0.4 is 0 Å². The Labute approximate surface area is 102 Å². The first kappa shape index (κ1) is 13.5. The Morgan fingerprint density at radius 3 is 2.62 bits per heavy atom. The van der Waals surface area contributed by atoms with Gasteiger partial charge in [0, 0.05) is 11.4 Å². The van der Waals surface area contributed by atoms with Crippen LogP contribution in [0.5, 0.6) is 0 Å². The second-order valence-electron chi connectivity index (χ2n) is 4.91. The fraction of sp³-hybridized carbons (Fsp3) is 0.538. The van der Waals surface area contributed by atoms with Gasteiger partial charge in [0.2, 0.25) is 0 Å². The number of halogens is 1. The molecular weight excluding hydrogens is 224 g/mol. The number of hydrogen-bond acceptors (Lipinski definition) is 2. The molecule has 0 amide bonds. The third kappa shape index (κ3) is 5.50. The number of benzene rings is 1. The monoisotopic (exact) mass is 242 g/mol. The molecule has 0 radical (unpaired) electrons. The van der Waals surface area contributed by atoms with E-state index in [1.165, 1.54) is 0 Å². The van der Waals surface area contributed by atoms with Crippen molar-refractivity contribution in [2.75, 3.05) is 6.61 Å². The molecule has 0 heterocycles. The summed E-state index contributed by atoms with van der Waals surface area (Å²) in [5.74, 6) is 0. The summed E-state index contributed by atoms with van der Waals surface area (Å²) < 4.78 is 5.51. The number of aliphatic hydroxyl groups excluding tert-OH is 1. The van der Waals surface area contributed by atoms with Crippen LogP contribution >= 0.6 is 11.6 Å². The largest absolute Gasteiger partial charge is 0.390 e. The highest BCUT2D eigenvalue weighted by Gasteiger charge is 2.13. The molecule has 1 rings (SSSR count). The molecule has 1 unspecified atom stereocenters. The van der Waals surface area contributed by atoms with Crippen LogP contribution in [0.3, 0.4) is 0 Å². The van der Waals surface area contributed by atoms with Gasteiger partial charge in [0.05, 0.1) is 18.3 Å². The summed E-state index contributed by atoms with van der Waals surface area (Å²) in [4.78, 5) is 0. The summed E-state index contributed by atoms with van der Waals surface area (Å²) in [6, 6.07) is 7.52. The van der Waals surface area contributed by atoms with Crippen LogP contribution in [0, 0.1) is 0 Å². The van der Waals surface area contributed by atoms with Crippen molar-refractivity contribution in [3.63, 3.8) is 0 Å². The Kier molecular flexibility index (Phi) is 4.78. The quantitative estimate of drug-likeness (QED) is 0.880. The average Bonchev–Trinajstić information content (AvgIpc) is 2.14. The van der Waals surface area contributed by atoms with Crippen LogP contribution in [-0.2, 0) is 11.2 Å². The lowest BCUT2D eigenvalue weighted by Crippen LogP contribution is -2.27. The third-order valence-electron chi connectivity index (χ3n) is 2.07. The van der Waals surface area contributed by atoms with Crippen molar-refractivity contribution in [1.82, 2.24) is 0 Å². The van der Waals surface area contributed by atoms with E-state index in [2.05, 4.69) is 0 Å². The second-order valence-corrected chi connectivity index (χ2v) is 5.35. The van der Waals surface area contributed by atoms with Gasteiger partial charge >= 0.3 is 0 Å². The number of ether oxygens (including phenoxy) is 1. The molecule has 0 aliphatic heterocycles. The first-order chi connectivity index (χ1) is 7.37. The maximum atomic E-state index is 9.79. The van der Waals surface area contributed by atoms with E-state index in [0.29, 0.717) is 18.1 Å². The fourth-order valence-electron chi connectivity index (χ4n) is 1.34. The van der Waals surface area contributed by atoms with Crippen molar-refractivity contribution < 1.29 is 9.84 Å². The van der Waals surface area contributed by atoms with E-state index >= 15 is 0 Å². The van der Waals surface area contributed by atoms with Gasteiger partial charge in [-0.1, -0.05) is 23.7 Å². The lowest BCUT2D eigenvalue weighted by Gasteiger charge is -2.22. The molecular formula is C13H19ClO2. The summed E-state index contributed by atoms with van der Waals surface area (Å²) in [5.41, 5.74) is 0.812. The summed E-state index contributed by atoms with van der Waals surface area (Å²) in [6.07, 6.45) is 0.0779. The molecule has 2 nitrogen and oxygen atoms in total. The summed E-state index contributed by atoms with van der Waals surface area (Å²) in [6.45, 7) is 6.26. The van der Waals surface area contributed by atoms with Crippen molar-refractivity contribution in [1.29, 1.82) is 0 Å². The molecule has 1 N–H and O–H groups in total. The molecule has 0 saturated carbocycles. The Bertz CT molecular complexity index is 331. The Hall–Kier alpha value is -0.570. The minimum Gasteiger partial charge on any atom is -0.390 e. The van der Waals surface area contributed by atoms with Crippen molar-refractivity contribution in [2.45, 2.75) is 38.9 Å². The topological polar surface area (TPSA) is 29.5 Å². The molecule has 0 aromatic heterocycles. The van der Waals surface area contributed by atoms with Crippen LogP contribution in [0.15, 0.2) is 24.3 Å². The average molecular weight is 243 g/mol. The zero-order valence-corrected chi connectivity index (χ0v) is 10.8. The Morgan fingerprint density at radius 2 is 2.06 bits per heavy atom. The van der Waals surface area contributed by atoms with Crippen LogP contribution in [0.1, 0.15) is 26.3 Å². The predicted molar refractivity (Wildman–Crippen MR) is 66.9 cm³/mol. The highest BCUT2D eigenvalue weighted by Crippen LogP contribution is 2.13. The fourth-order valence-corrected chi connectivity index (χ4v) is 1.55. The molecule has 1 atom stereocenters. The molecule has 16 heavy (non-hydrogen) atoms. The molecule has 1 aromatic carbocycles. The first-order valence-corrected chi connectivity index (χ1v) is 5.81. The maximum absolute atomic E-state index is 9.79. The van der Waals surface area contributed by atoms with Gasteiger partial charge in [-0.15, -0.1) is 0 Å². The summed E-state index contributed by atoms with van der Waals surface area (Å²) >= 11 is 5.87. The Morgan fingerprint density at radius 1 is 1.38 bits per heavy atom. The normalized spacial score (nSPS) is 13.8. The van der Waals surface area contributed by atoms with Gasteiger partial charge in [-0.05, 0) is 38.5 Å². The van der Waals surface area contributed by atoms with Crippen molar-refractivity contribution in [2.24, 2.45) is 0 Å². The molecule has 0 aliphatic carbocycles. The number of aliphatic hydroxyl groups is 1. The smallest absolute Gasteiger partial charge is 0.0814 e. The van der Waals surface area contributed by atoms with Gasteiger partial charge in [0.25, 0.3) is 0 Å². The van der Waals surface area contributed by atoms with Crippen molar-refractivity contribution >= 4 is 11.6 Å². The van der Waals surface area contributed by atoms with E-state index in [1.54, 1.807) is 0 Å². The SMILES string of the molecule is CC(C)(C)OCC(O)Cc1cccc(Cl)c1. The van der Waals surface area contributed by atoms with E-state index in [0.717, 1.165) is 5.56 Å². The van der Waals surface area contributed by atoms with Gasteiger partial charge in [-0.2, -0.15) is 0 Å². The highest BCUT2D eigenvalue weighted by molar-refractivity contribution is 6.30. The number of rotatable bonds is 4. The first-order valence-electron chi connectivity index (χ1n) is 5.43. The number of hydrogen-bond donors (Lipinski definition) is 1. The van der Waals surface area contributed by atoms with Gasteiger partial charge in [0.15, 0.2) is 0 Å². The third-order valence-corrected chi connectivity index (χ3v) is 2.30. The van der Waals surface area contributed by atoms with Crippen LogP contribution in [-0.4, -0.2) is 23.4 Å². The lowest BCUT2D eigenvalue weighted by atomic mass is 10.1. The van der Waals surface area contributed by atoms with E-state index in [1.807, 2.05) is 45.0 Å². The standard InChI is InChI=1S/C13H19ClO2/c1-13(2,3)16-9-12(15)8-10-5-4-6-11(14)7-10/h4-7,12,15H,8-9H2,1-3H3. The van der Waals surface area contributed by atoms with Gasteiger partial charge < -0.3 is 9.84 Å². The van der Waals surface area contributed by atoms with Crippen molar-refractivity contribution in [3.8, 4) is 0 Å². The van der Waals surface area contributed by atoms with Gasteiger partial charge in [-0.25, -0.2) is 0 Å². The molecule has 3 heteroatoms. The van der Waals surface area contributed by atoms with Crippen molar-refractivity contribution in [3.05, 3.63) is 34.9 Å². The second kappa shape index (κ2) is 5.67. The Balaban J connectivity index is 2.43.